The van der Waals surface area contributed by atoms with Crippen molar-refractivity contribution >= 4 is 23.5 Å². The molecule has 0 heterocycles. The molecule has 0 amide bonds. The lowest BCUT2D eigenvalue weighted by Crippen LogP contribution is -2.46. The van der Waals surface area contributed by atoms with Gasteiger partial charge in [-0.15, -0.1) is 0 Å². The Balaban J connectivity index is 2.31. The summed E-state index contributed by atoms with van der Waals surface area (Å²) in [6, 6.07) is 11.3. The molecule has 0 radical (unpaired) electrons. The number of benzene rings is 2. The van der Waals surface area contributed by atoms with Gasteiger partial charge in [0.2, 0.25) is 11.6 Å². The van der Waals surface area contributed by atoms with Gasteiger partial charge in [-0.25, -0.2) is 0 Å². The third-order valence-corrected chi connectivity index (χ3v) is 5.78. The Morgan fingerprint density at radius 3 is 1.74 bits per heavy atom. The normalized spacial score (nSPS) is 15.3. The molecule has 0 N–H and O–H groups in total. The summed E-state index contributed by atoms with van der Waals surface area (Å²) in [6.07, 6.45) is 0. The minimum absolute atomic E-state index is 0.0299. The van der Waals surface area contributed by atoms with Crippen LogP contribution in [0.3, 0.4) is 0 Å². The van der Waals surface area contributed by atoms with Gasteiger partial charge in [0.05, 0.1) is 16.4 Å². The third-order valence-electron chi connectivity index (χ3n) is 5.78. The summed E-state index contributed by atoms with van der Waals surface area (Å²) in [7, 11) is 0. The van der Waals surface area contributed by atoms with E-state index >= 15 is 0 Å². The molecule has 1 aliphatic carbocycles. The SMILES string of the molecule is CC(C)c1ccc(C2(OC(=O)C(C)(C)C)C(=O)c3ccccc3C2=O)c(OC(=O)C(C)(C)C)c1. The van der Waals surface area contributed by atoms with E-state index in [0.29, 0.717) is 0 Å². The third kappa shape index (κ3) is 4.29. The molecule has 3 rings (SSSR count). The van der Waals surface area contributed by atoms with Crippen LogP contribution in [0.25, 0.3) is 0 Å². The van der Waals surface area contributed by atoms with Crippen molar-refractivity contribution in [1.29, 1.82) is 0 Å². The van der Waals surface area contributed by atoms with E-state index in [1.54, 1.807) is 71.9 Å². The average molecular weight is 465 g/mol. The highest BCUT2D eigenvalue weighted by Crippen LogP contribution is 2.46. The molecule has 0 fully saturated rings. The Morgan fingerprint density at radius 2 is 1.29 bits per heavy atom. The van der Waals surface area contributed by atoms with Crippen molar-refractivity contribution in [1.82, 2.24) is 0 Å². The fraction of sp³-hybridized carbons (Fsp3) is 0.429. The fourth-order valence-electron chi connectivity index (χ4n) is 3.57. The van der Waals surface area contributed by atoms with E-state index in [1.807, 2.05) is 13.8 Å². The van der Waals surface area contributed by atoms with Crippen molar-refractivity contribution in [3.05, 3.63) is 64.7 Å². The van der Waals surface area contributed by atoms with Gasteiger partial charge in [-0.3, -0.25) is 19.2 Å². The van der Waals surface area contributed by atoms with Gasteiger partial charge in [-0.1, -0.05) is 44.2 Å². The zero-order chi connectivity index (χ0) is 25.6. The average Bonchev–Trinajstić information content (AvgIpc) is 2.95. The van der Waals surface area contributed by atoms with E-state index in [-0.39, 0.29) is 28.4 Å². The van der Waals surface area contributed by atoms with Crippen molar-refractivity contribution in [3.63, 3.8) is 0 Å². The molecule has 0 saturated heterocycles. The minimum Gasteiger partial charge on any atom is -0.436 e. The number of ether oxygens (including phenoxy) is 2. The van der Waals surface area contributed by atoms with Gasteiger partial charge < -0.3 is 9.47 Å². The number of fused-ring (bicyclic) bond motifs is 1. The topological polar surface area (TPSA) is 86.7 Å². The van der Waals surface area contributed by atoms with Crippen LogP contribution >= 0.6 is 0 Å². The lowest BCUT2D eigenvalue weighted by atomic mass is 9.85. The molecule has 6 heteroatoms. The van der Waals surface area contributed by atoms with Crippen LogP contribution in [-0.2, 0) is 19.9 Å². The minimum atomic E-state index is -2.28. The van der Waals surface area contributed by atoms with Crippen LogP contribution in [-0.4, -0.2) is 23.5 Å². The van der Waals surface area contributed by atoms with Crippen molar-refractivity contribution in [2.24, 2.45) is 10.8 Å². The van der Waals surface area contributed by atoms with E-state index < -0.39 is 39.9 Å². The maximum atomic E-state index is 13.8. The van der Waals surface area contributed by atoms with E-state index in [4.69, 9.17) is 9.47 Å². The fourth-order valence-corrected chi connectivity index (χ4v) is 3.57. The molecule has 180 valence electrons. The predicted molar refractivity (Wildman–Crippen MR) is 128 cm³/mol. The number of hydrogen-bond donors (Lipinski definition) is 0. The number of rotatable bonds is 4. The Morgan fingerprint density at radius 1 is 0.794 bits per heavy atom. The second kappa shape index (κ2) is 8.49. The van der Waals surface area contributed by atoms with Crippen molar-refractivity contribution in [2.45, 2.75) is 66.9 Å². The highest BCUT2D eigenvalue weighted by molar-refractivity contribution is 6.33. The molecular weight excluding hydrogens is 432 g/mol. The van der Waals surface area contributed by atoms with Gasteiger partial charge in [0.1, 0.15) is 5.75 Å². The first-order valence-corrected chi connectivity index (χ1v) is 11.4. The predicted octanol–water partition coefficient (Wildman–Crippen LogP) is 5.63. The smallest absolute Gasteiger partial charge is 0.316 e. The summed E-state index contributed by atoms with van der Waals surface area (Å²) in [5.74, 6) is -2.46. The quantitative estimate of drug-likeness (QED) is 0.331. The Hall–Kier alpha value is -3.28. The van der Waals surface area contributed by atoms with Crippen LogP contribution < -0.4 is 4.74 Å². The Bertz CT molecular complexity index is 1140. The maximum Gasteiger partial charge on any atom is 0.316 e. The van der Waals surface area contributed by atoms with E-state index in [9.17, 15) is 19.2 Å². The van der Waals surface area contributed by atoms with Gasteiger partial charge in [0, 0.05) is 11.1 Å². The summed E-state index contributed by atoms with van der Waals surface area (Å²) in [4.78, 5) is 53.5. The summed E-state index contributed by atoms with van der Waals surface area (Å²) in [5.41, 5.74) is -2.90. The molecule has 0 aromatic heterocycles. The second-order valence-electron chi connectivity index (χ2n) is 11.1. The number of carbonyl (C=O) groups excluding carboxylic acids is 4. The van der Waals surface area contributed by atoms with Gasteiger partial charge >= 0.3 is 11.9 Å². The van der Waals surface area contributed by atoms with E-state index in [2.05, 4.69) is 0 Å². The van der Waals surface area contributed by atoms with E-state index in [0.717, 1.165) is 5.56 Å². The van der Waals surface area contributed by atoms with E-state index in [1.165, 1.54) is 12.1 Å². The maximum absolute atomic E-state index is 13.8. The van der Waals surface area contributed by atoms with Crippen LogP contribution in [0.5, 0.6) is 5.75 Å². The summed E-state index contributed by atoms with van der Waals surface area (Å²) >= 11 is 0. The standard InChI is InChI=1S/C28H32O6/c1-16(2)17-13-14-20(21(15-17)33-24(31)26(3,4)5)28(34-25(32)27(6,7)8)22(29)18-11-9-10-12-19(18)23(28)30/h9-16H,1-8H3. The molecular formula is C28H32O6. The van der Waals surface area contributed by atoms with Crippen LogP contribution in [0.15, 0.2) is 42.5 Å². The number of carbonyl (C=O) groups is 4. The highest BCUT2D eigenvalue weighted by atomic mass is 16.6. The molecule has 0 aliphatic heterocycles. The van der Waals surface area contributed by atoms with Crippen LogP contribution in [0, 0.1) is 10.8 Å². The number of Topliss-reactive ketones (excluding diaryl/α,β-unsaturated/α-hetero) is 2. The van der Waals surface area contributed by atoms with Crippen LogP contribution in [0.1, 0.15) is 93.2 Å². The van der Waals surface area contributed by atoms with Gasteiger partial charge in [-0.05, 0) is 65.2 Å². The molecule has 0 unspecified atom stereocenters. The number of esters is 2. The van der Waals surface area contributed by atoms with Crippen molar-refractivity contribution in [3.8, 4) is 5.75 Å². The second-order valence-corrected chi connectivity index (χ2v) is 11.1. The largest absolute Gasteiger partial charge is 0.436 e. The molecule has 0 atom stereocenters. The monoisotopic (exact) mass is 464 g/mol. The molecule has 2 aromatic rings. The lowest BCUT2D eigenvalue weighted by molar-refractivity contribution is -0.162. The molecule has 0 bridgehead atoms. The molecule has 1 aliphatic rings. The first-order chi connectivity index (χ1) is 15.6. The molecule has 0 spiro atoms. The zero-order valence-electron chi connectivity index (χ0n) is 21.1. The van der Waals surface area contributed by atoms with Gasteiger partial charge in [0.15, 0.2) is 0 Å². The van der Waals surface area contributed by atoms with Crippen molar-refractivity contribution in [2.75, 3.05) is 0 Å². The Kier molecular flexibility index (Phi) is 6.33. The van der Waals surface area contributed by atoms with Gasteiger partial charge in [0.25, 0.3) is 5.60 Å². The highest BCUT2D eigenvalue weighted by Gasteiger charge is 2.60. The van der Waals surface area contributed by atoms with Gasteiger partial charge in [-0.2, -0.15) is 0 Å². The number of ketones is 2. The summed E-state index contributed by atoms with van der Waals surface area (Å²) in [5, 5.41) is 0. The van der Waals surface area contributed by atoms with Crippen molar-refractivity contribution < 1.29 is 28.7 Å². The first-order valence-electron chi connectivity index (χ1n) is 11.4. The molecule has 34 heavy (non-hydrogen) atoms. The zero-order valence-corrected chi connectivity index (χ0v) is 21.1. The number of hydrogen-bond acceptors (Lipinski definition) is 6. The molecule has 2 aromatic carbocycles. The summed E-state index contributed by atoms with van der Waals surface area (Å²) in [6.45, 7) is 14.0. The van der Waals surface area contributed by atoms with Crippen LogP contribution in [0.2, 0.25) is 0 Å². The first kappa shape index (κ1) is 25.3. The lowest BCUT2D eigenvalue weighted by Gasteiger charge is -2.31. The molecule has 0 saturated carbocycles. The molecule has 6 nitrogen and oxygen atoms in total. The Labute approximate surface area is 200 Å². The summed E-state index contributed by atoms with van der Waals surface area (Å²) < 4.78 is 11.6. The van der Waals surface area contributed by atoms with Crippen LogP contribution in [0.4, 0.5) is 0 Å².